The summed E-state index contributed by atoms with van der Waals surface area (Å²) in [6.07, 6.45) is 0. The third kappa shape index (κ3) is 7.85. The van der Waals surface area contributed by atoms with Crippen molar-refractivity contribution in [2.24, 2.45) is 5.73 Å². The Morgan fingerprint density at radius 2 is 2.18 bits per heavy atom. The lowest BCUT2D eigenvalue weighted by atomic mass is 10.1. The van der Waals surface area contributed by atoms with Crippen LogP contribution in [0.3, 0.4) is 0 Å². The van der Waals surface area contributed by atoms with Gasteiger partial charge in [-0.3, -0.25) is 0 Å². The second-order valence-electron chi connectivity index (χ2n) is 3.37. The number of ether oxygens (including phenoxy) is 1. The highest BCUT2D eigenvalue weighted by atomic mass is 35.5. The lowest BCUT2D eigenvalue weighted by molar-refractivity contribution is 0.115. The highest BCUT2D eigenvalue weighted by molar-refractivity contribution is 6.19. The van der Waals surface area contributed by atoms with E-state index in [4.69, 9.17) is 22.1 Å². The number of hydrogen-bond acceptors (Lipinski definition) is 2. The van der Waals surface area contributed by atoms with Crippen molar-refractivity contribution in [2.45, 2.75) is 19.4 Å². The fraction of sp³-hybridized carbons (Fsp3) is 0.750. The molecule has 3 heteroatoms. The molecule has 0 radical (unpaired) electrons. The summed E-state index contributed by atoms with van der Waals surface area (Å²) in [5, 5.41) is 0. The van der Waals surface area contributed by atoms with Crippen molar-refractivity contribution in [1.29, 1.82) is 0 Å². The van der Waals surface area contributed by atoms with Gasteiger partial charge in [-0.15, -0.1) is 11.6 Å². The lowest BCUT2D eigenvalue weighted by Gasteiger charge is -2.18. The van der Waals surface area contributed by atoms with Crippen molar-refractivity contribution in [1.82, 2.24) is 0 Å². The van der Waals surface area contributed by atoms with Crippen molar-refractivity contribution in [3.8, 4) is 0 Å². The molecular weight excluding hydrogens is 162 g/mol. The molecule has 2 nitrogen and oxygen atoms in total. The molecule has 0 atom stereocenters. The second kappa shape index (κ2) is 4.75. The van der Waals surface area contributed by atoms with E-state index in [9.17, 15) is 0 Å². The summed E-state index contributed by atoms with van der Waals surface area (Å²) < 4.78 is 5.24. The molecule has 11 heavy (non-hydrogen) atoms. The molecule has 66 valence electrons. The van der Waals surface area contributed by atoms with Gasteiger partial charge in [0.05, 0.1) is 13.2 Å². The largest absolute Gasteiger partial charge is 0.375 e. The molecule has 0 rings (SSSR count). The summed E-state index contributed by atoms with van der Waals surface area (Å²) in [5.74, 6) is 0.449. The van der Waals surface area contributed by atoms with Crippen LogP contribution in [-0.4, -0.2) is 24.6 Å². The molecule has 0 aromatic carbocycles. The van der Waals surface area contributed by atoms with Crippen LogP contribution in [0.1, 0.15) is 13.8 Å². The number of nitrogens with two attached hydrogens (primary N) is 1. The van der Waals surface area contributed by atoms with E-state index >= 15 is 0 Å². The summed E-state index contributed by atoms with van der Waals surface area (Å²) in [4.78, 5) is 0. The van der Waals surface area contributed by atoms with Crippen molar-refractivity contribution in [3.63, 3.8) is 0 Å². The third-order valence-corrected chi connectivity index (χ3v) is 1.35. The van der Waals surface area contributed by atoms with E-state index in [0.717, 1.165) is 5.57 Å². The first kappa shape index (κ1) is 11.0. The third-order valence-electron chi connectivity index (χ3n) is 0.969. The molecule has 0 aliphatic carbocycles. The molecule has 0 fully saturated rings. The van der Waals surface area contributed by atoms with Crippen LogP contribution in [0.15, 0.2) is 12.2 Å². The van der Waals surface area contributed by atoms with Crippen LogP contribution in [0.25, 0.3) is 0 Å². The molecule has 0 saturated heterocycles. The molecule has 0 aromatic heterocycles. The highest BCUT2D eigenvalue weighted by Gasteiger charge is 2.09. The predicted octanol–water partition coefficient (Wildman–Crippen LogP) is 1.54. The summed E-state index contributed by atoms with van der Waals surface area (Å²) in [5.41, 5.74) is 6.29. The standard InChI is InChI=1S/C8H16ClNO/c1-7(4-9)5-11-6-8(2,3)10/h1,4-6,10H2,2-3H3. The average molecular weight is 178 g/mol. The van der Waals surface area contributed by atoms with Gasteiger partial charge in [0.15, 0.2) is 0 Å². The molecule has 2 N–H and O–H groups in total. The van der Waals surface area contributed by atoms with Crippen LogP contribution in [0.4, 0.5) is 0 Å². The van der Waals surface area contributed by atoms with E-state index in [1.165, 1.54) is 0 Å². The molecule has 0 amide bonds. The van der Waals surface area contributed by atoms with Crippen LogP contribution in [0.5, 0.6) is 0 Å². The molecule has 0 spiro atoms. The van der Waals surface area contributed by atoms with Gasteiger partial charge in [-0.25, -0.2) is 0 Å². The maximum atomic E-state index is 5.68. The molecular formula is C8H16ClNO. The zero-order valence-electron chi connectivity index (χ0n) is 7.19. The number of halogens is 1. The number of rotatable bonds is 5. The van der Waals surface area contributed by atoms with Gasteiger partial charge in [0.1, 0.15) is 0 Å². The smallest absolute Gasteiger partial charge is 0.0686 e. The Kier molecular flexibility index (Phi) is 4.73. The summed E-state index contributed by atoms with van der Waals surface area (Å²) in [6, 6.07) is 0. The molecule has 0 aliphatic heterocycles. The van der Waals surface area contributed by atoms with Crippen molar-refractivity contribution in [3.05, 3.63) is 12.2 Å². The predicted molar refractivity (Wildman–Crippen MR) is 48.9 cm³/mol. The first-order valence-electron chi connectivity index (χ1n) is 3.55. The van der Waals surface area contributed by atoms with Crippen molar-refractivity contribution in [2.75, 3.05) is 19.1 Å². The number of hydrogen-bond donors (Lipinski definition) is 1. The number of alkyl halides is 1. The van der Waals surface area contributed by atoms with Crippen LogP contribution < -0.4 is 5.73 Å². The molecule has 0 aromatic rings. The zero-order valence-corrected chi connectivity index (χ0v) is 7.95. The molecule has 0 bridgehead atoms. The Balaban J connectivity index is 3.35. The normalized spacial score (nSPS) is 11.6. The van der Waals surface area contributed by atoms with E-state index in [0.29, 0.717) is 19.1 Å². The van der Waals surface area contributed by atoms with E-state index in [-0.39, 0.29) is 5.54 Å². The Labute approximate surface area is 73.4 Å². The van der Waals surface area contributed by atoms with E-state index in [1.54, 1.807) is 0 Å². The van der Waals surface area contributed by atoms with Gasteiger partial charge in [0.25, 0.3) is 0 Å². The van der Waals surface area contributed by atoms with E-state index in [2.05, 4.69) is 6.58 Å². The Bertz CT molecular complexity index is 129. The van der Waals surface area contributed by atoms with Crippen LogP contribution in [-0.2, 0) is 4.74 Å². The van der Waals surface area contributed by atoms with E-state index in [1.807, 2.05) is 13.8 Å². The fourth-order valence-corrected chi connectivity index (χ4v) is 0.574. The quantitative estimate of drug-likeness (QED) is 0.511. The molecule has 0 saturated carbocycles. The molecule has 0 heterocycles. The minimum Gasteiger partial charge on any atom is -0.375 e. The van der Waals surface area contributed by atoms with Crippen LogP contribution in [0, 0.1) is 0 Å². The summed E-state index contributed by atoms with van der Waals surface area (Å²) in [6.45, 7) is 8.56. The minimum atomic E-state index is -0.271. The lowest BCUT2D eigenvalue weighted by Crippen LogP contribution is -2.37. The van der Waals surface area contributed by atoms with Gasteiger partial charge in [-0.1, -0.05) is 6.58 Å². The van der Waals surface area contributed by atoms with Crippen molar-refractivity contribution < 1.29 is 4.74 Å². The maximum absolute atomic E-state index is 5.68. The van der Waals surface area contributed by atoms with Gasteiger partial charge < -0.3 is 10.5 Å². The van der Waals surface area contributed by atoms with Crippen LogP contribution in [0.2, 0.25) is 0 Å². The Morgan fingerprint density at radius 1 is 1.64 bits per heavy atom. The fourth-order valence-electron chi connectivity index (χ4n) is 0.497. The SMILES string of the molecule is C=C(CCl)COCC(C)(C)N. The second-order valence-corrected chi connectivity index (χ2v) is 3.63. The minimum absolute atomic E-state index is 0.271. The van der Waals surface area contributed by atoms with Gasteiger partial charge >= 0.3 is 0 Å². The Morgan fingerprint density at radius 3 is 2.55 bits per heavy atom. The molecule has 0 aliphatic rings. The molecule has 0 unspecified atom stereocenters. The maximum Gasteiger partial charge on any atom is 0.0686 e. The topological polar surface area (TPSA) is 35.2 Å². The first-order chi connectivity index (χ1) is 4.95. The van der Waals surface area contributed by atoms with Gasteiger partial charge in [0.2, 0.25) is 0 Å². The first-order valence-corrected chi connectivity index (χ1v) is 4.08. The van der Waals surface area contributed by atoms with E-state index < -0.39 is 0 Å². The Hall–Kier alpha value is -0.0500. The highest BCUT2D eigenvalue weighted by Crippen LogP contribution is 2.00. The van der Waals surface area contributed by atoms with Crippen LogP contribution >= 0.6 is 11.6 Å². The van der Waals surface area contributed by atoms with Gasteiger partial charge in [-0.05, 0) is 19.4 Å². The van der Waals surface area contributed by atoms with Crippen molar-refractivity contribution >= 4 is 11.6 Å². The average Bonchev–Trinajstić information content (AvgIpc) is 1.85. The van der Waals surface area contributed by atoms with Gasteiger partial charge in [0, 0.05) is 11.4 Å². The summed E-state index contributed by atoms with van der Waals surface area (Å²) in [7, 11) is 0. The van der Waals surface area contributed by atoms with Gasteiger partial charge in [-0.2, -0.15) is 0 Å². The monoisotopic (exact) mass is 177 g/mol. The zero-order chi connectivity index (χ0) is 8.91. The summed E-state index contributed by atoms with van der Waals surface area (Å²) >= 11 is 5.49.